The van der Waals surface area contributed by atoms with Gasteiger partial charge in [0.05, 0.1) is 6.61 Å². The van der Waals surface area contributed by atoms with Crippen molar-refractivity contribution in [1.29, 1.82) is 0 Å². The van der Waals surface area contributed by atoms with Gasteiger partial charge < -0.3 is 13.9 Å². The third-order valence-electron chi connectivity index (χ3n) is 3.18. The molecule has 22 heavy (non-hydrogen) atoms. The molecule has 0 fully saturated rings. The van der Waals surface area contributed by atoms with Crippen LogP contribution in [-0.2, 0) is 4.74 Å². The maximum atomic E-state index is 12.1. The van der Waals surface area contributed by atoms with Crippen molar-refractivity contribution in [3.8, 4) is 11.6 Å². The minimum atomic E-state index is -0.395. The first-order chi connectivity index (χ1) is 10.7. The van der Waals surface area contributed by atoms with Gasteiger partial charge in [0.15, 0.2) is 0 Å². The van der Waals surface area contributed by atoms with Crippen molar-refractivity contribution in [2.45, 2.75) is 13.8 Å². The second-order valence-corrected chi connectivity index (χ2v) is 4.68. The lowest BCUT2D eigenvalue weighted by molar-refractivity contribution is 0.0526. The molecule has 2 heterocycles. The summed E-state index contributed by atoms with van der Waals surface area (Å²) in [5, 5.41) is 0.671. The van der Waals surface area contributed by atoms with Crippen LogP contribution in [0.15, 0.2) is 47.0 Å². The fourth-order valence-electron chi connectivity index (χ4n) is 2.25. The lowest BCUT2D eigenvalue weighted by atomic mass is 10.1. The molecular formula is C17H15NO4. The summed E-state index contributed by atoms with van der Waals surface area (Å²) >= 11 is 0. The summed E-state index contributed by atoms with van der Waals surface area (Å²) in [4.78, 5) is 16.2. The van der Waals surface area contributed by atoms with Crippen molar-refractivity contribution in [3.05, 3.63) is 53.9 Å². The largest absolute Gasteiger partial charge is 0.462 e. The first-order valence-electron chi connectivity index (χ1n) is 6.98. The topological polar surface area (TPSA) is 61.6 Å². The van der Waals surface area contributed by atoms with Crippen LogP contribution in [0.3, 0.4) is 0 Å². The minimum Gasteiger partial charge on any atom is -0.462 e. The molecule has 5 nitrogen and oxygen atoms in total. The van der Waals surface area contributed by atoms with E-state index in [1.54, 1.807) is 44.3 Å². The van der Waals surface area contributed by atoms with Crippen LogP contribution in [0.2, 0.25) is 0 Å². The zero-order chi connectivity index (χ0) is 15.5. The van der Waals surface area contributed by atoms with E-state index in [9.17, 15) is 4.79 Å². The third-order valence-corrected chi connectivity index (χ3v) is 3.18. The van der Waals surface area contributed by atoms with Gasteiger partial charge in [0.2, 0.25) is 5.88 Å². The summed E-state index contributed by atoms with van der Waals surface area (Å²) in [5.74, 6) is 1.20. The van der Waals surface area contributed by atoms with E-state index in [0.29, 0.717) is 40.5 Å². The Morgan fingerprint density at radius 3 is 2.86 bits per heavy atom. The molecule has 0 radical (unpaired) electrons. The number of nitrogens with zero attached hydrogens (tertiary/aromatic N) is 1. The highest BCUT2D eigenvalue weighted by molar-refractivity contribution is 6.04. The smallest absolute Gasteiger partial charge is 0.342 e. The number of furan rings is 1. The average Bonchev–Trinajstić information content (AvgIpc) is 2.84. The monoisotopic (exact) mass is 297 g/mol. The normalized spacial score (nSPS) is 10.6. The van der Waals surface area contributed by atoms with Crippen LogP contribution in [0.5, 0.6) is 11.6 Å². The highest BCUT2D eigenvalue weighted by atomic mass is 16.5. The molecule has 0 N–H and O–H groups in total. The van der Waals surface area contributed by atoms with E-state index in [4.69, 9.17) is 13.9 Å². The highest BCUT2D eigenvalue weighted by Gasteiger charge is 2.19. The number of aromatic nitrogens is 1. The molecule has 5 heteroatoms. The Morgan fingerprint density at radius 2 is 2.14 bits per heavy atom. The molecule has 0 atom stereocenters. The summed E-state index contributed by atoms with van der Waals surface area (Å²) in [5.41, 5.74) is 1.05. The second kappa shape index (κ2) is 5.89. The minimum absolute atomic E-state index is 0.315. The molecule has 112 valence electrons. The van der Waals surface area contributed by atoms with Crippen molar-refractivity contribution in [3.63, 3.8) is 0 Å². The van der Waals surface area contributed by atoms with Crippen molar-refractivity contribution < 1.29 is 18.7 Å². The molecule has 3 aromatic rings. The van der Waals surface area contributed by atoms with Gasteiger partial charge in [-0.3, -0.25) is 0 Å². The first-order valence-corrected chi connectivity index (χ1v) is 6.98. The molecule has 0 aliphatic heterocycles. The number of esters is 1. The van der Waals surface area contributed by atoms with Crippen LogP contribution in [0.25, 0.3) is 11.0 Å². The third kappa shape index (κ3) is 2.65. The van der Waals surface area contributed by atoms with Crippen LogP contribution < -0.4 is 4.74 Å². The molecule has 0 unspecified atom stereocenters. The van der Waals surface area contributed by atoms with Gasteiger partial charge >= 0.3 is 5.97 Å². The van der Waals surface area contributed by atoms with E-state index in [0.717, 1.165) is 0 Å². The first kappa shape index (κ1) is 14.1. The number of fused-ring (bicyclic) bond motifs is 1. The molecule has 0 saturated carbocycles. The zero-order valence-corrected chi connectivity index (χ0v) is 12.3. The van der Waals surface area contributed by atoms with Crippen LogP contribution in [-0.4, -0.2) is 17.6 Å². The number of ether oxygens (including phenoxy) is 2. The Balaban J connectivity index is 2.01. The maximum absolute atomic E-state index is 12.1. The molecule has 0 aliphatic rings. The molecule has 0 amide bonds. The van der Waals surface area contributed by atoms with Crippen molar-refractivity contribution >= 4 is 16.9 Å². The van der Waals surface area contributed by atoms with Gasteiger partial charge in [-0.2, -0.15) is 0 Å². The Labute approximate surface area is 127 Å². The molecule has 3 rings (SSSR count). The van der Waals surface area contributed by atoms with Crippen molar-refractivity contribution in [1.82, 2.24) is 4.98 Å². The fraction of sp³-hybridized carbons (Fsp3) is 0.176. The summed E-state index contributed by atoms with van der Waals surface area (Å²) < 4.78 is 16.4. The zero-order valence-electron chi connectivity index (χ0n) is 12.3. The Kier molecular flexibility index (Phi) is 3.78. The number of carbonyl (C=O) groups is 1. The van der Waals surface area contributed by atoms with Crippen molar-refractivity contribution in [2.75, 3.05) is 6.61 Å². The number of pyridine rings is 1. The summed E-state index contributed by atoms with van der Waals surface area (Å²) in [6.07, 6.45) is 1.65. The average molecular weight is 297 g/mol. The van der Waals surface area contributed by atoms with E-state index < -0.39 is 5.97 Å². The number of carbonyl (C=O) groups excluding carboxylic acids is 1. The number of aryl methyl sites for hydroxylation is 1. The van der Waals surface area contributed by atoms with E-state index in [2.05, 4.69) is 4.98 Å². The Bertz CT molecular complexity index is 808. The van der Waals surface area contributed by atoms with Gasteiger partial charge in [-0.05, 0) is 38.1 Å². The molecule has 0 spiro atoms. The second-order valence-electron chi connectivity index (χ2n) is 4.68. The van der Waals surface area contributed by atoms with Crippen LogP contribution in [0.1, 0.15) is 23.0 Å². The van der Waals surface area contributed by atoms with Gasteiger partial charge in [-0.15, -0.1) is 0 Å². The number of hydrogen-bond donors (Lipinski definition) is 0. The number of benzene rings is 1. The summed E-state index contributed by atoms with van der Waals surface area (Å²) in [6, 6.07) is 10.7. The summed E-state index contributed by atoms with van der Waals surface area (Å²) in [6.45, 7) is 3.83. The van der Waals surface area contributed by atoms with Crippen LogP contribution >= 0.6 is 0 Å². The van der Waals surface area contributed by atoms with Gasteiger partial charge in [-0.1, -0.05) is 6.07 Å². The summed E-state index contributed by atoms with van der Waals surface area (Å²) in [7, 11) is 0. The standard InChI is InChI=1S/C17H15NO4/c1-3-20-17(19)16-11(2)21-14-8-7-12(10-13(14)16)22-15-6-4-5-9-18-15/h4-10H,3H2,1-2H3. The highest BCUT2D eigenvalue weighted by Crippen LogP contribution is 2.31. The number of hydrogen-bond acceptors (Lipinski definition) is 5. The fourth-order valence-corrected chi connectivity index (χ4v) is 2.25. The quantitative estimate of drug-likeness (QED) is 0.678. The van der Waals surface area contributed by atoms with Crippen LogP contribution in [0, 0.1) is 6.92 Å². The Hall–Kier alpha value is -2.82. The van der Waals surface area contributed by atoms with Gasteiger partial charge in [0.1, 0.15) is 22.7 Å². The van der Waals surface area contributed by atoms with Gasteiger partial charge in [0, 0.05) is 17.6 Å². The predicted octanol–water partition coefficient (Wildman–Crippen LogP) is 4.11. The van der Waals surface area contributed by atoms with Gasteiger partial charge in [0.25, 0.3) is 0 Å². The van der Waals surface area contributed by atoms with Crippen molar-refractivity contribution in [2.24, 2.45) is 0 Å². The molecule has 0 saturated heterocycles. The number of rotatable bonds is 4. The predicted molar refractivity (Wildman–Crippen MR) is 81.2 cm³/mol. The molecular weight excluding hydrogens is 282 g/mol. The van der Waals surface area contributed by atoms with E-state index in [-0.39, 0.29) is 0 Å². The van der Waals surface area contributed by atoms with E-state index in [1.807, 2.05) is 12.1 Å². The lowest BCUT2D eigenvalue weighted by Gasteiger charge is -2.04. The Morgan fingerprint density at radius 1 is 1.27 bits per heavy atom. The van der Waals surface area contributed by atoms with Crippen LogP contribution in [0.4, 0.5) is 0 Å². The molecule has 0 aliphatic carbocycles. The SMILES string of the molecule is CCOC(=O)c1c(C)oc2ccc(Oc3ccccn3)cc12. The maximum Gasteiger partial charge on any atom is 0.342 e. The molecule has 0 bridgehead atoms. The van der Waals surface area contributed by atoms with E-state index in [1.165, 1.54) is 0 Å². The molecule has 2 aromatic heterocycles. The van der Waals surface area contributed by atoms with Gasteiger partial charge in [-0.25, -0.2) is 9.78 Å². The molecule has 1 aromatic carbocycles. The van der Waals surface area contributed by atoms with E-state index >= 15 is 0 Å². The lowest BCUT2D eigenvalue weighted by Crippen LogP contribution is -2.05.